The van der Waals surface area contributed by atoms with E-state index >= 15 is 0 Å². The number of benzene rings is 1. The predicted octanol–water partition coefficient (Wildman–Crippen LogP) is 2.48. The summed E-state index contributed by atoms with van der Waals surface area (Å²) in [6.45, 7) is -0.0326. The molecule has 0 aliphatic rings. The first kappa shape index (κ1) is 15.4. The van der Waals surface area contributed by atoms with Gasteiger partial charge in [0.15, 0.2) is 0 Å². The van der Waals surface area contributed by atoms with Crippen LogP contribution in [0.15, 0.2) is 33.9 Å². The molecule has 0 aliphatic carbocycles. The molecule has 1 aromatic carbocycles. The van der Waals surface area contributed by atoms with Crippen LogP contribution in [0.25, 0.3) is 0 Å². The lowest BCUT2D eigenvalue weighted by Crippen LogP contribution is -2.24. The average molecular weight is 335 g/mol. The van der Waals surface area contributed by atoms with E-state index in [1.165, 1.54) is 17.4 Å². The Morgan fingerprint density at radius 2 is 2.15 bits per heavy atom. The van der Waals surface area contributed by atoms with E-state index < -0.39 is 20.7 Å². The van der Waals surface area contributed by atoms with E-state index in [0.29, 0.717) is 0 Å². The molecule has 0 atom stereocenters. The van der Waals surface area contributed by atoms with Gasteiger partial charge < -0.3 is 5.73 Å². The minimum atomic E-state index is -3.98. The van der Waals surface area contributed by atoms with Gasteiger partial charge in [-0.3, -0.25) is 0 Å². The van der Waals surface area contributed by atoms with E-state index in [2.05, 4.69) is 4.72 Å². The Morgan fingerprint density at radius 3 is 2.75 bits per heavy atom. The quantitative estimate of drug-likeness (QED) is 0.882. The largest absolute Gasteiger partial charge is 0.326 e. The molecule has 1 aromatic heterocycles. The van der Waals surface area contributed by atoms with Crippen LogP contribution in [0.5, 0.6) is 0 Å². The third-order valence-electron chi connectivity index (χ3n) is 2.64. The van der Waals surface area contributed by atoms with Crippen LogP contribution in [-0.2, 0) is 23.1 Å². The highest BCUT2D eigenvalue weighted by Crippen LogP contribution is 2.23. The number of hydrogen-bond donors (Lipinski definition) is 2. The zero-order chi connectivity index (χ0) is 14.8. The molecule has 2 rings (SSSR count). The van der Waals surface area contributed by atoms with Crippen LogP contribution in [0.3, 0.4) is 0 Å². The van der Waals surface area contributed by atoms with Crippen molar-refractivity contribution >= 4 is 33.0 Å². The molecule has 2 aromatic rings. The summed E-state index contributed by atoms with van der Waals surface area (Å²) in [5.74, 6) is -0.866. The van der Waals surface area contributed by atoms with E-state index in [1.807, 2.05) is 10.8 Å². The number of rotatable bonds is 5. The van der Waals surface area contributed by atoms with Gasteiger partial charge >= 0.3 is 0 Å². The molecule has 0 aliphatic heterocycles. The van der Waals surface area contributed by atoms with Crippen LogP contribution in [0, 0.1) is 5.82 Å². The lowest BCUT2D eigenvalue weighted by Gasteiger charge is -2.10. The molecule has 0 spiro atoms. The maximum atomic E-state index is 14.1. The van der Waals surface area contributed by atoms with Crippen LogP contribution in [0.4, 0.5) is 4.39 Å². The number of sulfonamides is 1. The van der Waals surface area contributed by atoms with Crippen molar-refractivity contribution in [2.24, 2.45) is 5.73 Å². The van der Waals surface area contributed by atoms with Crippen molar-refractivity contribution in [3.63, 3.8) is 0 Å². The minimum Gasteiger partial charge on any atom is -0.326 e. The number of thiophene rings is 1. The van der Waals surface area contributed by atoms with E-state index in [-0.39, 0.29) is 23.7 Å². The summed E-state index contributed by atoms with van der Waals surface area (Å²) < 4.78 is 40.6. The second-order valence-corrected chi connectivity index (χ2v) is 6.99. The number of nitrogens with two attached hydrogens (primary N) is 1. The third-order valence-corrected chi connectivity index (χ3v) is 4.99. The van der Waals surface area contributed by atoms with Crippen LogP contribution in [0.1, 0.15) is 11.1 Å². The maximum Gasteiger partial charge on any atom is 0.243 e. The van der Waals surface area contributed by atoms with Crippen molar-refractivity contribution in [2.75, 3.05) is 0 Å². The van der Waals surface area contributed by atoms with Gasteiger partial charge in [0.1, 0.15) is 10.7 Å². The van der Waals surface area contributed by atoms with Gasteiger partial charge in [-0.1, -0.05) is 11.6 Å². The van der Waals surface area contributed by atoms with Crippen LogP contribution < -0.4 is 10.5 Å². The van der Waals surface area contributed by atoms with Crippen molar-refractivity contribution in [2.45, 2.75) is 18.0 Å². The molecule has 8 heteroatoms. The van der Waals surface area contributed by atoms with E-state index in [4.69, 9.17) is 17.3 Å². The maximum absolute atomic E-state index is 14.1. The van der Waals surface area contributed by atoms with Crippen molar-refractivity contribution in [3.8, 4) is 0 Å². The third kappa shape index (κ3) is 3.36. The Bertz CT molecular complexity index is 702. The molecule has 0 unspecified atom stereocenters. The molecular weight excluding hydrogens is 323 g/mol. The average Bonchev–Trinajstić information content (AvgIpc) is 2.92. The standard InChI is InChI=1S/C12H12ClFN2O2S2/c13-10-3-9(5-15)12(14)11(4-10)20(17,18)16-6-8-1-2-19-7-8/h1-4,7,16H,5-6,15H2. The summed E-state index contributed by atoms with van der Waals surface area (Å²) in [4.78, 5) is -0.485. The fourth-order valence-corrected chi connectivity index (χ4v) is 3.75. The Kier molecular flexibility index (Phi) is 4.77. The first-order chi connectivity index (χ1) is 9.44. The van der Waals surface area contributed by atoms with Gasteiger partial charge in [0, 0.05) is 23.7 Å². The molecule has 108 valence electrons. The number of hydrogen-bond acceptors (Lipinski definition) is 4. The lowest BCUT2D eigenvalue weighted by molar-refractivity contribution is 0.549. The van der Waals surface area contributed by atoms with Gasteiger partial charge in [-0.15, -0.1) is 0 Å². The zero-order valence-corrected chi connectivity index (χ0v) is 12.7. The summed E-state index contributed by atoms with van der Waals surface area (Å²) >= 11 is 7.24. The number of halogens is 2. The fraction of sp³-hybridized carbons (Fsp3) is 0.167. The predicted molar refractivity (Wildman–Crippen MR) is 77.6 cm³/mol. The molecule has 0 fully saturated rings. The molecular formula is C12H12ClFN2O2S2. The van der Waals surface area contributed by atoms with Gasteiger partial charge in [0.2, 0.25) is 10.0 Å². The van der Waals surface area contributed by atoms with Crippen molar-refractivity contribution in [1.29, 1.82) is 0 Å². The van der Waals surface area contributed by atoms with Gasteiger partial charge in [-0.2, -0.15) is 11.3 Å². The van der Waals surface area contributed by atoms with E-state index in [0.717, 1.165) is 11.6 Å². The van der Waals surface area contributed by atoms with Crippen molar-refractivity contribution in [3.05, 3.63) is 50.9 Å². The van der Waals surface area contributed by atoms with Crippen molar-refractivity contribution in [1.82, 2.24) is 4.72 Å². The van der Waals surface area contributed by atoms with Crippen LogP contribution >= 0.6 is 22.9 Å². The van der Waals surface area contributed by atoms with E-state index in [1.54, 1.807) is 6.07 Å². The normalized spacial score (nSPS) is 11.8. The molecule has 0 amide bonds. The van der Waals surface area contributed by atoms with Gasteiger partial charge in [-0.05, 0) is 34.5 Å². The van der Waals surface area contributed by atoms with Gasteiger partial charge in [0.25, 0.3) is 0 Å². The summed E-state index contributed by atoms with van der Waals surface area (Å²) in [6.07, 6.45) is 0. The summed E-state index contributed by atoms with van der Waals surface area (Å²) in [5.41, 5.74) is 6.24. The monoisotopic (exact) mass is 334 g/mol. The second kappa shape index (κ2) is 6.19. The summed E-state index contributed by atoms with van der Waals surface area (Å²) in [5, 5.41) is 3.76. The second-order valence-electron chi connectivity index (χ2n) is 4.04. The molecule has 0 saturated carbocycles. The first-order valence-corrected chi connectivity index (χ1v) is 8.43. The Labute approximate surface area is 125 Å². The Hall–Kier alpha value is -0.990. The molecule has 3 N–H and O–H groups in total. The van der Waals surface area contributed by atoms with Gasteiger partial charge in [-0.25, -0.2) is 17.5 Å². The minimum absolute atomic E-state index is 0.0633. The SMILES string of the molecule is NCc1cc(Cl)cc(S(=O)(=O)NCc2ccsc2)c1F. The highest BCUT2D eigenvalue weighted by Gasteiger charge is 2.22. The fourth-order valence-electron chi connectivity index (χ4n) is 1.61. The molecule has 0 bridgehead atoms. The highest BCUT2D eigenvalue weighted by molar-refractivity contribution is 7.89. The molecule has 1 heterocycles. The van der Waals surface area contributed by atoms with Crippen LogP contribution in [0.2, 0.25) is 5.02 Å². The van der Waals surface area contributed by atoms with Gasteiger partial charge in [0.05, 0.1) is 0 Å². The molecule has 0 saturated heterocycles. The summed E-state index contributed by atoms with van der Waals surface area (Å²) in [7, 11) is -3.98. The zero-order valence-electron chi connectivity index (χ0n) is 10.3. The topological polar surface area (TPSA) is 72.2 Å². The molecule has 4 nitrogen and oxygen atoms in total. The smallest absolute Gasteiger partial charge is 0.243 e. The number of nitrogens with one attached hydrogen (secondary N) is 1. The van der Waals surface area contributed by atoms with Crippen molar-refractivity contribution < 1.29 is 12.8 Å². The Morgan fingerprint density at radius 1 is 1.40 bits per heavy atom. The van der Waals surface area contributed by atoms with E-state index in [9.17, 15) is 12.8 Å². The first-order valence-electron chi connectivity index (χ1n) is 5.63. The molecule has 20 heavy (non-hydrogen) atoms. The van der Waals surface area contributed by atoms with Crippen LogP contribution in [-0.4, -0.2) is 8.42 Å². The highest BCUT2D eigenvalue weighted by atomic mass is 35.5. The molecule has 0 radical (unpaired) electrons. The Balaban J connectivity index is 2.31. The summed E-state index contributed by atoms with van der Waals surface area (Å²) in [6, 6.07) is 4.17. The lowest BCUT2D eigenvalue weighted by atomic mass is 10.2.